The van der Waals surface area contributed by atoms with E-state index in [1.807, 2.05) is 0 Å². The van der Waals surface area contributed by atoms with Crippen LogP contribution in [-0.4, -0.2) is 0 Å². The quantitative estimate of drug-likeness (QED) is 0.244. The Morgan fingerprint density at radius 2 is 1.08 bits per heavy atom. The number of fused-ring (bicyclic) bond motifs is 2. The summed E-state index contributed by atoms with van der Waals surface area (Å²) >= 11 is 0. The summed E-state index contributed by atoms with van der Waals surface area (Å²) in [5.74, 6) is 0. The Hall–Kier alpha value is -1.94. The highest BCUT2D eigenvalue weighted by Crippen LogP contribution is 2.37. The Balaban J connectivity index is 0.00000182. The zero-order chi connectivity index (χ0) is 16.8. The Kier molecular flexibility index (Phi) is 4.83. The molecule has 0 radical (unpaired) electrons. The van der Waals surface area contributed by atoms with Gasteiger partial charge in [0.05, 0.1) is 10.8 Å². The van der Waals surface area contributed by atoms with Crippen molar-refractivity contribution < 1.29 is 28.5 Å². The lowest BCUT2D eigenvalue weighted by atomic mass is 9.89. The minimum Gasteiger partial charge on any atom is -1.00 e. The van der Waals surface area contributed by atoms with Gasteiger partial charge in [-0.2, -0.15) is 4.57 Å². The number of hydrogen-bond acceptors (Lipinski definition) is 0. The maximum absolute atomic E-state index is 2.30. The van der Waals surface area contributed by atoms with E-state index in [4.69, 9.17) is 0 Å². The van der Waals surface area contributed by atoms with E-state index in [0.29, 0.717) is 0 Å². The van der Waals surface area contributed by atoms with Gasteiger partial charge in [0, 0.05) is 17.7 Å². The van der Waals surface area contributed by atoms with Crippen LogP contribution in [0.25, 0.3) is 32.9 Å². The minimum absolute atomic E-state index is 0. The zero-order valence-corrected chi connectivity index (χ0v) is 17.3. The Morgan fingerprint density at radius 1 is 0.640 bits per heavy atom. The number of rotatable bonds is 1. The summed E-state index contributed by atoms with van der Waals surface area (Å²) in [4.78, 5) is 0. The van der Waals surface area contributed by atoms with Gasteiger partial charge in [-0.15, -0.1) is 0 Å². The van der Waals surface area contributed by atoms with Crippen molar-refractivity contribution in [2.75, 3.05) is 0 Å². The predicted octanol–water partition coefficient (Wildman–Crippen LogP) is 2.41. The lowest BCUT2D eigenvalue weighted by Gasteiger charge is -2.16. The van der Waals surface area contributed by atoms with Crippen LogP contribution in [0.1, 0.15) is 16.7 Å². The second-order valence-electron chi connectivity index (χ2n) is 6.74. The van der Waals surface area contributed by atoms with Crippen molar-refractivity contribution in [3.63, 3.8) is 0 Å². The largest absolute Gasteiger partial charge is 1.00 e. The van der Waals surface area contributed by atoms with E-state index in [0.717, 1.165) is 0 Å². The Morgan fingerprint density at radius 3 is 1.56 bits per heavy atom. The molecule has 0 spiro atoms. The normalized spacial score (nSPS) is 10.9. The molecule has 0 atom stereocenters. The number of halogens is 1. The average molecular weight is 439 g/mol. The van der Waals surface area contributed by atoms with Gasteiger partial charge in [-0.1, -0.05) is 42.0 Å². The van der Waals surface area contributed by atoms with Crippen molar-refractivity contribution in [2.45, 2.75) is 20.8 Å². The van der Waals surface area contributed by atoms with Crippen LogP contribution in [0.5, 0.6) is 0 Å². The summed E-state index contributed by atoms with van der Waals surface area (Å²) in [6, 6.07) is 22.0. The van der Waals surface area contributed by atoms with Gasteiger partial charge in [-0.3, -0.25) is 0 Å². The number of aromatic nitrogens is 1. The van der Waals surface area contributed by atoms with Crippen molar-refractivity contribution in [3.05, 3.63) is 77.4 Å². The molecule has 1 nitrogen and oxygen atoms in total. The molecule has 126 valence electrons. The molecule has 0 saturated heterocycles. The fourth-order valence-corrected chi connectivity index (χ4v) is 4.07. The molecule has 0 aliphatic heterocycles. The maximum atomic E-state index is 2.30. The van der Waals surface area contributed by atoms with Crippen LogP contribution < -0.4 is 28.5 Å². The molecule has 4 aromatic rings. The molecule has 1 aromatic heterocycles. The van der Waals surface area contributed by atoms with E-state index in [1.165, 1.54) is 49.6 Å². The first-order valence-corrected chi connectivity index (χ1v) is 8.45. The first kappa shape index (κ1) is 17.9. The van der Waals surface area contributed by atoms with E-state index in [-0.39, 0.29) is 24.0 Å². The SMILES string of the molecule is Cc1cc(C)c(-c2c3ccccc3[n+](C)c3ccccc23)c(C)c1.[I-]. The first-order chi connectivity index (χ1) is 11.6. The van der Waals surface area contributed by atoms with Gasteiger partial charge >= 0.3 is 0 Å². The summed E-state index contributed by atoms with van der Waals surface area (Å²) in [6.45, 7) is 6.63. The molecular formula is C23H22IN. The summed E-state index contributed by atoms with van der Waals surface area (Å²) < 4.78 is 2.30. The molecule has 1 heterocycles. The van der Waals surface area contributed by atoms with Gasteiger partial charge in [0.15, 0.2) is 0 Å². The summed E-state index contributed by atoms with van der Waals surface area (Å²) in [5, 5.41) is 2.63. The molecule has 0 aliphatic rings. The van der Waals surface area contributed by atoms with E-state index in [1.54, 1.807) is 0 Å². The number of pyridine rings is 1. The topological polar surface area (TPSA) is 3.88 Å². The van der Waals surface area contributed by atoms with Crippen LogP contribution in [0.2, 0.25) is 0 Å². The van der Waals surface area contributed by atoms with Crippen LogP contribution in [0.4, 0.5) is 0 Å². The predicted molar refractivity (Wildman–Crippen MR) is 102 cm³/mol. The molecule has 0 fully saturated rings. The third-order valence-electron chi connectivity index (χ3n) is 5.00. The van der Waals surface area contributed by atoms with E-state index < -0.39 is 0 Å². The second kappa shape index (κ2) is 6.75. The van der Waals surface area contributed by atoms with Crippen LogP contribution in [0.15, 0.2) is 60.7 Å². The van der Waals surface area contributed by atoms with Gasteiger partial charge in [-0.25, -0.2) is 0 Å². The van der Waals surface area contributed by atoms with Crippen LogP contribution in [0, 0.1) is 20.8 Å². The molecule has 0 unspecified atom stereocenters. The van der Waals surface area contributed by atoms with Gasteiger partial charge in [0.1, 0.15) is 7.05 Å². The number of aryl methyl sites for hydroxylation is 4. The van der Waals surface area contributed by atoms with Crippen LogP contribution >= 0.6 is 0 Å². The smallest absolute Gasteiger partial charge is 0.213 e. The molecule has 0 amide bonds. The summed E-state index contributed by atoms with van der Waals surface area (Å²) in [5.41, 5.74) is 9.27. The van der Waals surface area contributed by atoms with Crippen molar-refractivity contribution in [1.82, 2.24) is 0 Å². The third kappa shape index (κ3) is 2.82. The summed E-state index contributed by atoms with van der Waals surface area (Å²) in [6.07, 6.45) is 0. The monoisotopic (exact) mass is 439 g/mol. The van der Waals surface area contributed by atoms with Crippen LogP contribution in [-0.2, 0) is 7.05 Å². The number of para-hydroxylation sites is 2. The van der Waals surface area contributed by atoms with Crippen molar-refractivity contribution in [2.24, 2.45) is 7.05 Å². The van der Waals surface area contributed by atoms with E-state index in [9.17, 15) is 0 Å². The Bertz CT molecular complexity index is 1020. The summed E-state index contributed by atoms with van der Waals surface area (Å²) in [7, 11) is 2.16. The van der Waals surface area contributed by atoms with E-state index in [2.05, 4.69) is 93.0 Å². The lowest BCUT2D eigenvalue weighted by Crippen LogP contribution is -3.00. The van der Waals surface area contributed by atoms with Crippen LogP contribution in [0.3, 0.4) is 0 Å². The van der Waals surface area contributed by atoms with E-state index >= 15 is 0 Å². The fraction of sp³-hybridized carbons (Fsp3) is 0.174. The minimum atomic E-state index is 0. The standard InChI is InChI=1S/C23H22N.HI/c1-15-13-16(2)22(17(3)14-15)23-18-9-5-7-11-20(18)24(4)21-12-8-6-10-19(21)23;/h5-14H,1-4H3;1H/q+1;/p-1. The van der Waals surface area contributed by atoms with Gasteiger partial charge in [-0.05, 0) is 49.6 Å². The highest BCUT2D eigenvalue weighted by molar-refractivity contribution is 6.08. The Labute approximate surface area is 166 Å². The number of hydrogen-bond donors (Lipinski definition) is 0. The lowest BCUT2D eigenvalue weighted by molar-refractivity contribution is -0.617. The highest BCUT2D eigenvalue weighted by Gasteiger charge is 2.20. The number of benzene rings is 3. The maximum Gasteiger partial charge on any atom is 0.213 e. The molecule has 0 aliphatic carbocycles. The molecule has 0 N–H and O–H groups in total. The molecule has 0 saturated carbocycles. The average Bonchev–Trinajstić information content (AvgIpc) is 2.57. The molecule has 4 rings (SSSR count). The van der Waals surface area contributed by atoms with Gasteiger partial charge < -0.3 is 24.0 Å². The highest BCUT2D eigenvalue weighted by atomic mass is 127. The molecule has 2 heteroatoms. The zero-order valence-electron chi connectivity index (χ0n) is 15.1. The van der Waals surface area contributed by atoms with Crippen molar-refractivity contribution in [3.8, 4) is 11.1 Å². The van der Waals surface area contributed by atoms with Gasteiger partial charge in [0.2, 0.25) is 11.0 Å². The first-order valence-electron chi connectivity index (χ1n) is 8.45. The second-order valence-corrected chi connectivity index (χ2v) is 6.74. The fourth-order valence-electron chi connectivity index (χ4n) is 4.07. The molecule has 0 bridgehead atoms. The number of nitrogens with zero attached hydrogens (tertiary/aromatic N) is 1. The molecule has 3 aromatic carbocycles. The third-order valence-corrected chi connectivity index (χ3v) is 5.00. The van der Waals surface area contributed by atoms with Crippen molar-refractivity contribution in [1.29, 1.82) is 0 Å². The molecular weight excluding hydrogens is 417 g/mol. The molecule has 25 heavy (non-hydrogen) atoms. The van der Waals surface area contributed by atoms with Gasteiger partial charge in [0.25, 0.3) is 0 Å². The van der Waals surface area contributed by atoms with Crippen molar-refractivity contribution >= 4 is 21.8 Å².